The zero-order valence-electron chi connectivity index (χ0n) is 8.74. The molecule has 1 N–H and O–H groups in total. The first kappa shape index (κ1) is 11.7. The third-order valence-electron chi connectivity index (χ3n) is 3.12. The van der Waals surface area contributed by atoms with Crippen LogP contribution in [-0.4, -0.2) is 16.9 Å². The molecule has 1 saturated carbocycles. The van der Waals surface area contributed by atoms with Crippen molar-refractivity contribution in [3.63, 3.8) is 0 Å². The van der Waals surface area contributed by atoms with E-state index in [1.807, 2.05) is 0 Å². The van der Waals surface area contributed by atoms with Gasteiger partial charge in [0.25, 0.3) is 0 Å². The lowest BCUT2D eigenvalue weighted by Crippen LogP contribution is -2.36. The second-order valence-corrected chi connectivity index (χ2v) is 4.00. The molecule has 0 saturated heterocycles. The van der Waals surface area contributed by atoms with Gasteiger partial charge in [0, 0.05) is 5.92 Å². The van der Waals surface area contributed by atoms with Crippen LogP contribution in [0.3, 0.4) is 0 Å². The number of carboxylic acid groups (broad SMARTS) is 1. The van der Waals surface area contributed by atoms with Gasteiger partial charge in [-0.25, -0.2) is 0 Å². The summed E-state index contributed by atoms with van der Waals surface area (Å²) in [7, 11) is 0. The molecule has 0 amide bonds. The van der Waals surface area contributed by atoms with E-state index in [-0.39, 0.29) is 18.1 Å². The Morgan fingerprint density at radius 2 is 2.20 bits per heavy atom. The van der Waals surface area contributed by atoms with Crippen LogP contribution in [0.4, 0.5) is 0 Å². The Hall–Kier alpha value is -1.38. The Labute approximate surface area is 89.5 Å². The number of ketones is 1. The summed E-state index contributed by atoms with van der Waals surface area (Å²) in [5, 5.41) is 9.16. The normalized spacial score (nSPS) is 30.1. The zero-order chi connectivity index (χ0) is 11.5. The zero-order valence-corrected chi connectivity index (χ0v) is 8.74. The van der Waals surface area contributed by atoms with Gasteiger partial charge in [0.15, 0.2) is 5.78 Å². The summed E-state index contributed by atoms with van der Waals surface area (Å²) in [6.45, 7) is 7.10. The van der Waals surface area contributed by atoms with Crippen molar-refractivity contribution in [2.45, 2.75) is 25.7 Å². The monoisotopic (exact) mass is 208 g/mol. The number of allylic oxidation sites excluding steroid dienone is 2. The molecule has 3 nitrogen and oxygen atoms in total. The summed E-state index contributed by atoms with van der Waals surface area (Å²) in [5.41, 5.74) is -1.21. The van der Waals surface area contributed by atoms with Crippen molar-refractivity contribution in [2.24, 2.45) is 11.3 Å². The third-order valence-corrected chi connectivity index (χ3v) is 3.12. The largest absolute Gasteiger partial charge is 0.480 e. The highest BCUT2D eigenvalue weighted by Gasteiger charge is 2.51. The Balaban J connectivity index is 2.93. The van der Waals surface area contributed by atoms with Crippen molar-refractivity contribution in [3.8, 4) is 0 Å². The lowest BCUT2D eigenvalue weighted by Gasteiger charge is -2.20. The lowest BCUT2D eigenvalue weighted by atomic mass is 9.80. The van der Waals surface area contributed by atoms with E-state index in [1.54, 1.807) is 6.08 Å². The number of carbonyl (C=O) groups is 2. The number of Topliss-reactive ketones (excluding diaryl/α,β-unsaturated/α-hetero) is 1. The first-order valence-corrected chi connectivity index (χ1v) is 5.08. The lowest BCUT2D eigenvalue weighted by molar-refractivity contribution is -0.153. The number of hydrogen-bond acceptors (Lipinski definition) is 2. The summed E-state index contributed by atoms with van der Waals surface area (Å²) < 4.78 is 0. The van der Waals surface area contributed by atoms with Crippen LogP contribution in [0.2, 0.25) is 0 Å². The molecule has 1 aliphatic carbocycles. The van der Waals surface area contributed by atoms with E-state index < -0.39 is 11.4 Å². The average Bonchev–Trinajstić information content (AvgIpc) is 2.49. The molecule has 0 aromatic heterocycles. The van der Waals surface area contributed by atoms with Gasteiger partial charge < -0.3 is 5.11 Å². The molecular weight excluding hydrogens is 192 g/mol. The minimum Gasteiger partial charge on any atom is -0.480 e. The van der Waals surface area contributed by atoms with Gasteiger partial charge in [-0.15, -0.1) is 13.2 Å². The van der Waals surface area contributed by atoms with Gasteiger partial charge in [-0.2, -0.15) is 0 Å². The highest BCUT2D eigenvalue weighted by molar-refractivity contribution is 6.05. The minimum absolute atomic E-state index is 0.158. The van der Waals surface area contributed by atoms with Crippen molar-refractivity contribution in [1.82, 2.24) is 0 Å². The van der Waals surface area contributed by atoms with E-state index in [9.17, 15) is 9.59 Å². The molecule has 0 radical (unpaired) electrons. The molecular formula is C12H16O3. The van der Waals surface area contributed by atoms with Gasteiger partial charge in [-0.1, -0.05) is 12.2 Å². The van der Waals surface area contributed by atoms with Crippen molar-refractivity contribution in [2.75, 3.05) is 0 Å². The van der Waals surface area contributed by atoms with Crippen LogP contribution in [0.5, 0.6) is 0 Å². The van der Waals surface area contributed by atoms with Gasteiger partial charge >= 0.3 is 5.97 Å². The predicted octanol–water partition coefficient (Wildman–Crippen LogP) is 2.19. The van der Waals surface area contributed by atoms with Crippen molar-refractivity contribution < 1.29 is 14.7 Å². The van der Waals surface area contributed by atoms with Crippen LogP contribution >= 0.6 is 0 Å². The second kappa shape index (κ2) is 4.43. The second-order valence-electron chi connectivity index (χ2n) is 4.00. The molecule has 2 atom stereocenters. The van der Waals surface area contributed by atoms with E-state index in [1.165, 1.54) is 6.08 Å². The molecule has 0 aromatic carbocycles. The first-order chi connectivity index (χ1) is 7.08. The Morgan fingerprint density at radius 1 is 1.53 bits per heavy atom. The standard InChI is InChI=1S/C12H16O3/c1-3-5-9-6-8-12(7-4-2,10(9)13)11(14)15/h3-4,9H,1-2,5-8H2,(H,14,15). The van der Waals surface area contributed by atoms with Crippen molar-refractivity contribution >= 4 is 11.8 Å². The van der Waals surface area contributed by atoms with E-state index in [2.05, 4.69) is 13.2 Å². The van der Waals surface area contributed by atoms with Crippen LogP contribution in [0, 0.1) is 11.3 Å². The summed E-state index contributed by atoms with van der Waals surface area (Å²) in [5.74, 6) is -1.34. The molecule has 3 heteroatoms. The summed E-state index contributed by atoms with van der Waals surface area (Å²) in [4.78, 5) is 23.2. The third kappa shape index (κ3) is 1.87. The molecule has 15 heavy (non-hydrogen) atoms. The van der Waals surface area contributed by atoms with Crippen LogP contribution < -0.4 is 0 Å². The van der Waals surface area contributed by atoms with Gasteiger partial charge in [0.1, 0.15) is 5.41 Å². The maximum atomic E-state index is 12.0. The van der Waals surface area contributed by atoms with Gasteiger partial charge in [0.05, 0.1) is 0 Å². The van der Waals surface area contributed by atoms with Crippen LogP contribution in [-0.2, 0) is 9.59 Å². The maximum absolute atomic E-state index is 12.0. The Bertz CT molecular complexity index is 306. The highest BCUT2D eigenvalue weighted by Crippen LogP contribution is 2.43. The van der Waals surface area contributed by atoms with Crippen molar-refractivity contribution in [1.29, 1.82) is 0 Å². The Morgan fingerprint density at radius 3 is 2.67 bits per heavy atom. The van der Waals surface area contributed by atoms with Gasteiger partial charge in [0.2, 0.25) is 0 Å². The predicted molar refractivity (Wildman–Crippen MR) is 57.4 cm³/mol. The topological polar surface area (TPSA) is 54.4 Å². The van der Waals surface area contributed by atoms with E-state index in [4.69, 9.17) is 5.11 Å². The number of hydrogen-bond donors (Lipinski definition) is 1. The fourth-order valence-electron chi connectivity index (χ4n) is 2.24. The van der Waals surface area contributed by atoms with Crippen LogP contribution in [0.25, 0.3) is 0 Å². The molecule has 1 fully saturated rings. The molecule has 82 valence electrons. The number of aliphatic carboxylic acids is 1. The summed E-state index contributed by atoms with van der Waals surface area (Å²) >= 11 is 0. The van der Waals surface area contributed by atoms with Gasteiger partial charge in [-0.3, -0.25) is 9.59 Å². The molecule has 0 aromatic rings. The SMILES string of the molecule is C=CCC1CCC(CC=C)(C(=O)O)C1=O. The number of carboxylic acids is 1. The smallest absolute Gasteiger partial charge is 0.317 e. The fraction of sp³-hybridized carbons (Fsp3) is 0.500. The van der Waals surface area contributed by atoms with Crippen LogP contribution in [0.1, 0.15) is 25.7 Å². The van der Waals surface area contributed by atoms with Gasteiger partial charge in [-0.05, 0) is 25.7 Å². The van der Waals surface area contributed by atoms with Crippen molar-refractivity contribution in [3.05, 3.63) is 25.3 Å². The first-order valence-electron chi connectivity index (χ1n) is 5.08. The van der Waals surface area contributed by atoms with E-state index in [0.717, 1.165) is 0 Å². The summed E-state index contributed by atoms with van der Waals surface area (Å²) in [6, 6.07) is 0. The van der Waals surface area contributed by atoms with Crippen LogP contribution in [0.15, 0.2) is 25.3 Å². The number of carbonyl (C=O) groups excluding carboxylic acids is 1. The molecule has 0 spiro atoms. The van der Waals surface area contributed by atoms with E-state index >= 15 is 0 Å². The fourth-order valence-corrected chi connectivity index (χ4v) is 2.24. The summed E-state index contributed by atoms with van der Waals surface area (Å²) in [6.07, 6.45) is 5.06. The molecule has 0 heterocycles. The average molecular weight is 208 g/mol. The quantitative estimate of drug-likeness (QED) is 0.556. The highest BCUT2D eigenvalue weighted by atomic mass is 16.4. The minimum atomic E-state index is -1.21. The molecule has 2 unspecified atom stereocenters. The molecule has 0 bridgehead atoms. The number of rotatable bonds is 5. The van der Waals surface area contributed by atoms with E-state index in [0.29, 0.717) is 19.3 Å². The maximum Gasteiger partial charge on any atom is 0.317 e. The molecule has 0 aliphatic heterocycles. The molecule has 1 rings (SSSR count). The molecule has 1 aliphatic rings. The Kier molecular flexibility index (Phi) is 3.45.